The highest BCUT2D eigenvalue weighted by Gasteiger charge is 2.20. The Morgan fingerprint density at radius 3 is 2.95 bits per heavy atom. The molecule has 0 bridgehead atoms. The summed E-state index contributed by atoms with van der Waals surface area (Å²) in [4.78, 5) is 7.02. The van der Waals surface area contributed by atoms with Crippen molar-refractivity contribution in [2.24, 2.45) is 0 Å². The molecular formula is C15H25N3O. The van der Waals surface area contributed by atoms with E-state index in [1.165, 1.54) is 5.56 Å². The Morgan fingerprint density at radius 2 is 2.26 bits per heavy atom. The van der Waals surface area contributed by atoms with Crippen LogP contribution in [-0.4, -0.2) is 36.8 Å². The summed E-state index contributed by atoms with van der Waals surface area (Å²) in [5.41, 5.74) is 2.38. The van der Waals surface area contributed by atoms with Crippen LogP contribution in [0.5, 0.6) is 0 Å². The third kappa shape index (κ3) is 3.91. The van der Waals surface area contributed by atoms with Gasteiger partial charge in [-0.2, -0.15) is 0 Å². The molecule has 4 heteroatoms. The minimum Gasteiger partial charge on any atom is -0.377 e. The van der Waals surface area contributed by atoms with Crippen molar-refractivity contribution in [2.45, 2.75) is 46.3 Å². The Bertz CT molecular complexity index is 420. The van der Waals surface area contributed by atoms with Crippen molar-refractivity contribution in [1.29, 1.82) is 0 Å². The fraction of sp³-hybridized carbons (Fsp3) is 0.667. The van der Waals surface area contributed by atoms with Crippen LogP contribution in [0.25, 0.3) is 0 Å². The second kappa shape index (κ2) is 6.35. The first-order valence-corrected chi connectivity index (χ1v) is 7.11. The molecule has 2 rings (SSSR count). The van der Waals surface area contributed by atoms with Crippen LogP contribution in [0, 0.1) is 6.92 Å². The number of nitrogens with zero attached hydrogens (tertiary/aromatic N) is 2. The minimum absolute atomic E-state index is 0.397. The van der Waals surface area contributed by atoms with E-state index in [9.17, 15) is 0 Å². The van der Waals surface area contributed by atoms with Gasteiger partial charge in [-0.15, -0.1) is 0 Å². The largest absolute Gasteiger partial charge is 0.377 e. The molecule has 1 aromatic heterocycles. The van der Waals surface area contributed by atoms with E-state index < -0.39 is 0 Å². The third-order valence-electron chi connectivity index (χ3n) is 3.38. The molecule has 106 valence electrons. The van der Waals surface area contributed by atoms with Gasteiger partial charge in [0.25, 0.3) is 0 Å². The number of aryl methyl sites for hydroxylation is 1. The lowest BCUT2D eigenvalue weighted by Crippen LogP contribution is -2.44. The molecule has 2 heterocycles. The lowest BCUT2D eigenvalue weighted by Gasteiger charge is -2.34. The van der Waals surface area contributed by atoms with Gasteiger partial charge in [0.2, 0.25) is 0 Å². The normalized spacial score (nSPS) is 20.1. The summed E-state index contributed by atoms with van der Waals surface area (Å²) in [5.74, 6) is 1.08. The number of morpholine rings is 1. The van der Waals surface area contributed by atoms with Crippen molar-refractivity contribution in [2.75, 3.05) is 24.7 Å². The molecule has 0 aromatic carbocycles. The van der Waals surface area contributed by atoms with Gasteiger partial charge in [-0.25, -0.2) is 4.98 Å². The van der Waals surface area contributed by atoms with Crippen LogP contribution >= 0.6 is 0 Å². The number of nitrogens with one attached hydrogen (secondary N) is 1. The molecule has 1 fully saturated rings. The molecule has 1 aromatic rings. The van der Waals surface area contributed by atoms with E-state index >= 15 is 0 Å². The molecular weight excluding hydrogens is 238 g/mol. The molecule has 0 spiro atoms. The lowest BCUT2D eigenvalue weighted by molar-refractivity contribution is 0.0985. The zero-order valence-electron chi connectivity index (χ0n) is 12.4. The van der Waals surface area contributed by atoms with Crippen molar-refractivity contribution in [3.63, 3.8) is 0 Å². The summed E-state index contributed by atoms with van der Waals surface area (Å²) in [6.45, 7) is 12.0. The van der Waals surface area contributed by atoms with Gasteiger partial charge in [0.15, 0.2) is 0 Å². The van der Waals surface area contributed by atoms with Crippen molar-refractivity contribution in [3.8, 4) is 0 Å². The highest BCUT2D eigenvalue weighted by atomic mass is 16.5. The smallest absolute Gasteiger partial charge is 0.129 e. The van der Waals surface area contributed by atoms with E-state index in [1.54, 1.807) is 0 Å². The average molecular weight is 263 g/mol. The zero-order chi connectivity index (χ0) is 13.8. The van der Waals surface area contributed by atoms with Gasteiger partial charge < -0.3 is 15.0 Å². The minimum atomic E-state index is 0.397. The maximum absolute atomic E-state index is 5.49. The first-order valence-electron chi connectivity index (χ1n) is 7.11. The summed E-state index contributed by atoms with van der Waals surface area (Å²) >= 11 is 0. The van der Waals surface area contributed by atoms with Gasteiger partial charge in [-0.05, 0) is 31.5 Å². The molecule has 1 saturated heterocycles. The molecule has 1 N–H and O–H groups in total. The predicted molar refractivity (Wildman–Crippen MR) is 78.6 cm³/mol. The highest BCUT2D eigenvalue weighted by Crippen LogP contribution is 2.19. The number of aromatic nitrogens is 1. The fourth-order valence-corrected chi connectivity index (χ4v) is 2.36. The number of anilines is 1. The third-order valence-corrected chi connectivity index (χ3v) is 3.38. The second-order valence-electron chi connectivity index (χ2n) is 5.63. The van der Waals surface area contributed by atoms with Crippen molar-refractivity contribution in [3.05, 3.63) is 23.4 Å². The second-order valence-corrected chi connectivity index (χ2v) is 5.63. The molecule has 1 aliphatic heterocycles. The highest BCUT2D eigenvalue weighted by molar-refractivity contribution is 5.44. The van der Waals surface area contributed by atoms with Crippen LogP contribution in [-0.2, 0) is 11.3 Å². The van der Waals surface area contributed by atoms with Gasteiger partial charge in [-0.3, -0.25) is 0 Å². The van der Waals surface area contributed by atoms with Crippen LogP contribution in [0.1, 0.15) is 32.0 Å². The first kappa shape index (κ1) is 14.3. The Hall–Kier alpha value is -1.13. The van der Waals surface area contributed by atoms with Crippen LogP contribution in [0.4, 0.5) is 5.82 Å². The standard InChI is InChI=1S/C15H25N3O/c1-11(2)16-9-14-7-12(3)17-15(8-14)18-5-6-19-10-13(18)4/h7-8,11,13,16H,5-6,9-10H2,1-4H3. The lowest BCUT2D eigenvalue weighted by atomic mass is 10.2. The number of pyridine rings is 1. The van der Waals surface area contributed by atoms with E-state index in [0.717, 1.165) is 37.8 Å². The summed E-state index contributed by atoms with van der Waals surface area (Å²) in [7, 11) is 0. The first-order chi connectivity index (χ1) is 9.06. The zero-order valence-corrected chi connectivity index (χ0v) is 12.4. The van der Waals surface area contributed by atoms with Crippen molar-refractivity contribution < 1.29 is 4.74 Å². The van der Waals surface area contributed by atoms with Crippen LogP contribution in [0.3, 0.4) is 0 Å². The maximum atomic E-state index is 5.49. The number of hydrogen-bond acceptors (Lipinski definition) is 4. The van der Waals surface area contributed by atoms with E-state index in [2.05, 4.69) is 55.0 Å². The number of hydrogen-bond donors (Lipinski definition) is 1. The molecule has 1 aliphatic rings. The predicted octanol–water partition coefficient (Wildman–Crippen LogP) is 2.11. The maximum Gasteiger partial charge on any atom is 0.129 e. The summed E-state index contributed by atoms with van der Waals surface area (Å²) in [5, 5.41) is 3.46. The summed E-state index contributed by atoms with van der Waals surface area (Å²) < 4.78 is 5.49. The van der Waals surface area contributed by atoms with Crippen molar-refractivity contribution in [1.82, 2.24) is 10.3 Å². The quantitative estimate of drug-likeness (QED) is 0.903. The van der Waals surface area contributed by atoms with Gasteiger partial charge in [-0.1, -0.05) is 13.8 Å². The molecule has 1 unspecified atom stereocenters. The van der Waals surface area contributed by atoms with Crippen molar-refractivity contribution >= 4 is 5.82 Å². The van der Waals surface area contributed by atoms with Gasteiger partial charge in [0, 0.05) is 24.8 Å². The van der Waals surface area contributed by atoms with Gasteiger partial charge >= 0.3 is 0 Å². The molecule has 0 radical (unpaired) electrons. The van der Waals surface area contributed by atoms with Crippen LogP contribution in [0.15, 0.2) is 12.1 Å². The van der Waals surface area contributed by atoms with Gasteiger partial charge in [0.05, 0.1) is 19.3 Å². The van der Waals surface area contributed by atoms with E-state index in [4.69, 9.17) is 4.74 Å². The van der Waals surface area contributed by atoms with E-state index in [1.807, 2.05) is 0 Å². The fourth-order valence-electron chi connectivity index (χ4n) is 2.36. The Labute approximate surface area is 116 Å². The molecule has 1 atom stereocenters. The topological polar surface area (TPSA) is 37.4 Å². The number of ether oxygens (including phenoxy) is 1. The van der Waals surface area contributed by atoms with Crippen LogP contribution in [0.2, 0.25) is 0 Å². The van der Waals surface area contributed by atoms with Crippen LogP contribution < -0.4 is 10.2 Å². The Morgan fingerprint density at radius 1 is 1.47 bits per heavy atom. The van der Waals surface area contributed by atoms with E-state index in [-0.39, 0.29) is 0 Å². The SMILES string of the molecule is Cc1cc(CNC(C)C)cc(N2CCOCC2C)n1. The molecule has 4 nitrogen and oxygen atoms in total. The Balaban J connectivity index is 2.15. The van der Waals surface area contributed by atoms with E-state index in [0.29, 0.717) is 12.1 Å². The molecule has 0 amide bonds. The molecule has 19 heavy (non-hydrogen) atoms. The average Bonchev–Trinajstić information content (AvgIpc) is 2.36. The number of rotatable bonds is 4. The van der Waals surface area contributed by atoms with Gasteiger partial charge in [0.1, 0.15) is 5.82 Å². The summed E-state index contributed by atoms with van der Waals surface area (Å²) in [6.07, 6.45) is 0. The Kier molecular flexibility index (Phi) is 4.77. The molecule has 0 aliphatic carbocycles. The summed E-state index contributed by atoms with van der Waals surface area (Å²) in [6, 6.07) is 5.25. The monoisotopic (exact) mass is 263 g/mol. The molecule has 0 saturated carbocycles.